The lowest BCUT2D eigenvalue weighted by Gasteiger charge is -2.47. The number of hydrogen-bond acceptors (Lipinski definition) is 6. The van der Waals surface area contributed by atoms with Crippen molar-refractivity contribution < 1.29 is 14.3 Å². The molecule has 34 heavy (non-hydrogen) atoms. The number of H-pyrrole nitrogens is 1. The highest BCUT2D eigenvalue weighted by molar-refractivity contribution is 6.31. The highest BCUT2D eigenvalue weighted by Gasteiger charge is 2.48. The minimum atomic E-state index is -0.858. The monoisotopic (exact) mass is 480 g/mol. The average molecular weight is 481 g/mol. The third kappa shape index (κ3) is 3.31. The number of hydrogen-bond donors (Lipinski definition) is 3. The van der Waals surface area contributed by atoms with Crippen molar-refractivity contribution in [1.29, 1.82) is 5.26 Å². The number of aromatic amines is 1. The van der Waals surface area contributed by atoms with E-state index in [4.69, 9.17) is 11.6 Å². The zero-order valence-corrected chi connectivity index (χ0v) is 18.9. The van der Waals surface area contributed by atoms with Gasteiger partial charge in [-0.15, -0.1) is 0 Å². The minimum absolute atomic E-state index is 0.00237. The summed E-state index contributed by atoms with van der Waals surface area (Å²) in [5.41, 5.74) is 1.61. The van der Waals surface area contributed by atoms with Crippen molar-refractivity contribution in [3.63, 3.8) is 0 Å². The molecule has 4 aliphatic carbocycles. The van der Waals surface area contributed by atoms with Crippen molar-refractivity contribution in [1.82, 2.24) is 20.2 Å². The first-order valence-corrected chi connectivity index (χ1v) is 12.0. The van der Waals surface area contributed by atoms with E-state index in [0.29, 0.717) is 27.3 Å². The molecule has 10 heteroatoms. The average Bonchev–Trinajstić information content (AvgIpc) is 3.59. The summed E-state index contributed by atoms with van der Waals surface area (Å²) in [7, 11) is 0. The van der Waals surface area contributed by atoms with Crippen LogP contribution in [0.25, 0.3) is 22.4 Å². The number of pyridine rings is 2. The largest absolute Gasteiger partial charge is 0.481 e. The van der Waals surface area contributed by atoms with E-state index in [1.54, 1.807) is 6.07 Å². The summed E-state index contributed by atoms with van der Waals surface area (Å²) in [4.78, 5) is 20.9. The molecule has 0 amide bonds. The number of aliphatic carboxylic acids is 1. The van der Waals surface area contributed by atoms with Crippen LogP contribution >= 0.6 is 11.6 Å². The van der Waals surface area contributed by atoms with E-state index in [1.165, 1.54) is 6.20 Å². The predicted molar refractivity (Wildman–Crippen MR) is 123 cm³/mol. The lowest BCUT2D eigenvalue weighted by molar-refractivity contribution is -0.148. The number of rotatable bonds is 5. The molecule has 3 aromatic heterocycles. The fraction of sp³-hybridized carbons (Fsp3) is 0.458. The molecule has 3 N–H and O–H groups in total. The quantitative estimate of drug-likeness (QED) is 0.475. The van der Waals surface area contributed by atoms with Gasteiger partial charge < -0.3 is 10.4 Å². The van der Waals surface area contributed by atoms with Gasteiger partial charge in [0.2, 0.25) is 0 Å². The van der Waals surface area contributed by atoms with E-state index in [-0.39, 0.29) is 34.8 Å². The SMILES string of the molecule is N#Cc1c(-c2[nH]nc3ncc(Cl)cc23)nc(N[C@@H]2C3CCC(CC3)[C@H]2C(=O)O)c(F)c1C1CC1. The smallest absolute Gasteiger partial charge is 0.308 e. The molecule has 8 nitrogen and oxygen atoms in total. The second kappa shape index (κ2) is 7.91. The van der Waals surface area contributed by atoms with Crippen molar-refractivity contribution in [2.45, 2.75) is 50.5 Å². The first-order valence-electron chi connectivity index (χ1n) is 11.6. The molecule has 2 atom stereocenters. The van der Waals surface area contributed by atoms with Gasteiger partial charge in [-0.3, -0.25) is 9.89 Å². The minimum Gasteiger partial charge on any atom is -0.481 e. The van der Waals surface area contributed by atoms with Crippen LogP contribution in [-0.2, 0) is 4.79 Å². The number of carboxylic acids is 1. The van der Waals surface area contributed by atoms with E-state index in [9.17, 15) is 15.2 Å². The lowest BCUT2D eigenvalue weighted by Crippen LogP contribution is -2.51. The maximum atomic E-state index is 15.9. The fourth-order valence-corrected chi connectivity index (χ4v) is 6.11. The van der Waals surface area contributed by atoms with Gasteiger partial charge in [-0.25, -0.2) is 14.4 Å². The Hall–Kier alpha value is -3.25. The molecule has 3 heterocycles. The maximum Gasteiger partial charge on any atom is 0.308 e. The van der Waals surface area contributed by atoms with E-state index in [2.05, 4.69) is 31.6 Å². The van der Waals surface area contributed by atoms with Crippen molar-refractivity contribution in [3.05, 3.63) is 34.2 Å². The molecule has 4 aliphatic rings. The molecule has 0 aromatic carbocycles. The number of anilines is 1. The Morgan fingerprint density at radius 2 is 1.97 bits per heavy atom. The Bertz CT molecular complexity index is 1360. The van der Waals surface area contributed by atoms with Crippen LogP contribution in [-0.4, -0.2) is 37.3 Å². The number of aromatic nitrogens is 4. The standard InChI is InChI=1S/C24H22ClFN6O2/c25-13-7-14-21(31-32-22(14)28-9-13)20-15(8-27)16(10-1-2-10)18(26)23(30-20)29-19-12-5-3-11(4-6-12)17(19)24(33)34/h7,9-12,17,19H,1-6H2,(H,29,30)(H,33,34)(H,28,31,32)/t11?,12?,17-,19-/m1/s1. The number of carboxylic acid groups (broad SMARTS) is 1. The van der Waals surface area contributed by atoms with Gasteiger partial charge in [-0.05, 0) is 62.3 Å². The molecule has 4 saturated carbocycles. The lowest BCUT2D eigenvalue weighted by atomic mass is 9.61. The molecule has 0 aliphatic heterocycles. The molecule has 174 valence electrons. The molecule has 0 saturated heterocycles. The summed E-state index contributed by atoms with van der Waals surface area (Å²) in [6, 6.07) is 3.43. The normalized spacial score (nSPS) is 25.9. The van der Waals surface area contributed by atoms with Gasteiger partial charge in [0.05, 0.1) is 22.2 Å². The second-order valence-corrected chi connectivity index (χ2v) is 10.1. The molecule has 2 bridgehead atoms. The van der Waals surface area contributed by atoms with Crippen LogP contribution in [0.2, 0.25) is 5.02 Å². The number of nitrogens with zero attached hydrogens (tertiary/aromatic N) is 4. The first-order chi connectivity index (χ1) is 16.5. The van der Waals surface area contributed by atoms with Crippen molar-refractivity contribution >= 4 is 34.4 Å². The van der Waals surface area contributed by atoms with Gasteiger partial charge in [0, 0.05) is 23.2 Å². The highest BCUT2D eigenvalue weighted by atomic mass is 35.5. The summed E-state index contributed by atoms with van der Waals surface area (Å²) in [5, 5.41) is 31.2. The topological polar surface area (TPSA) is 128 Å². The number of fused-ring (bicyclic) bond motifs is 4. The third-order valence-corrected chi connectivity index (χ3v) is 7.90. The Balaban J connectivity index is 1.51. The molecular weight excluding hydrogens is 459 g/mol. The zero-order valence-electron chi connectivity index (χ0n) is 18.2. The van der Waals surface area contributed by atoms with Crippen molar-refractivity contribution in [2.24, 2.45) is 17.8 Å². The molecule has 3 aromatic rings. The van der Waals surface area contributed by atoms with Gasteiger partial charge in [-0.1, -0.05) is 11.6 Å². The highest BCUT2D eigenvalue weighted by Crippen LogP contribution is 2.49. The van der Waals surface area contributed by atoms with Crippen LogP contribution < -0.4 is 5.32 Å². The molecule has 7 rings (SSSR count). The van der Waals surface area contributed by atoms with Crippen LogP contribution in [0.4, 0.5) is 10.2 Å². The van der Waals surface area contributed by atoms with E-state index < -0.39 is 23.7 Å². The second-order valence-electron chi connectivity index (χ2n) is 9.63. The summed E-state index contributed by atoms with van der Waals surface area (Å²) < 4.78 is 15.9. The van der Waals surface area contributed by atoms with E-state index in [1.807, 2.05) is 0 Å². The molecular formula is C24H22ClFN6O2. The van der Waals surface area contributed by atoms with Gasteiger partial charge in [0.1, 0.15) is 11.8 Å². The van der Waals surface area contributed by atoms with Crippen LogP contribution in [0.5, 0.6) is 0 Å². The third-order valence-electron chi connectivity index (χ3n) is 7.69. The predicted octanol–water partition coefficient (Wildman–Crippen LogP) is 4.86. The number of carbonyl (C=O) groups is 1. The van der Waals surface area contributed by atoms with Gasteiger partial charge >= 0.3 is 5.97 Å². The summed E-state index contributed by atoms with van der Waals surface area (Å²) in [6.07, 6.45) is 6.66. The van der Waals surface area contributed by atoms with Gasteiger partial charge in [0.15, 0.2) is 17.3 Å². The van der Waals surface area contributed by atoms with Crippen LogP contribution in [0.15, 0.2) is 12.3 Å². The number of nitriles is 1. The molecule has 0 unspecified atom stereocenters. The molecule has 0 radical (unpaired) electrons. The summed E-state index contributed by atoms with van der Waals surface area (Å²) in [5.74, 6) is -1.85. The molecule has 0 spiro atoms. The first kappa shape index (κ1) is 21.3. The van der Waals surface area contributed by atoms with Crippen molar-refractivity contribution in [3.8, 4) is 17.5 Å². The van der Waals surface area contributed by atoms with Crippen LogP contribution in [0.1, 0.15) is 55.6 Å². The zero-order chi connectivity index (χ0) is 23.6. The Labute approximate surface area is 199 Å². The van der Waals surface area contributed by atoms with E-state index in [0.717, 1.165) is 38.5 Å². The van der Waals surface area contributed by atoms with Crippen molar-refractivity contribution in [2.75, 3.05) is 5.32 Å². The summed E-state index contributed by atoms with van der Waals surface area (Å²) >= 11 is 6.15. The Kier molecular flexibility index (Phi) is 4.96. The van der Waals surface area contributed by atoms with Crippen LogP contribution in [0.3, 0.4) is 0 Å². The summed E-state index contributed by atoms with van der Waals surface area (Å²) in [6.45, 7) is 0. The number of halogens is 2. The Morgan fingerprint density at radius 3 is 2.65 bits per heavy atom. The molecule has 4 fully saturated rings. The Morgan fingerprint density at radius 1 is 1.24 bits per heavy atom. The number of nitrogens with one attached hydrogen (secondary N) is 2. The van der Waals surface area contributed by atoms with Gasteiger partial charge in [-0.2, -0.15) is 10.4 Å². The maximum absolute atomic E-state index is 15.9. The van der Waals surface area contributed by atoms with Gasteiger partial charge in [0.25, 0.3) is 0 Å². The van der Waals surface area contributed by atoms with Crippen LogP contribution in [0, 0.1) is 34.9 Å². The van der Waals surface area contributed by atoms with E-state index >= 15 is 4.39 Å². The fourth-order valence-electron chi connectivity index (χ4n) is 5.95.